The Morgan fingerprint density at radius 2 is 2.04 bits per heavy atom. The molecule has 1 aliphatic heterocycles. The van der Waals surface area contributed by atoms with Gasteiger partial charge in [0.25, 0.3) is 0 Å². The Labute approximate surface area is 155 Å². The van der Waals surface area contributed by atoms with Gasteiger partial charge < -0.3 is 15.0 Å². The zero-order chi connectivity index (χ0) is 17.8. The average Bonchev–Trinajstić information content (AvgIpc) is 2.60. The second kappa shape index (κ2) is 7.82. The first-order chi connectivity index (χ1) is 12.0. The van der Waals surface area contributed by atoms with Gasteiger partial charge in [-0.25, -0.2) is 14.8 Å². The van der Waals surface area contributed by atoms with E-state index in [2.05, 4.69) is 38.1 Å². The number of urea groups is 1. The predicted octanol–water partition coefficient (Wildman–Crippen LogP) is 3.93. The maximum Gasteiger partial charge on any atom is 0.321 e. The topological polar surface area (TPSA) is 67.4 Å². The Morgan fingerprint density at radius 3 is 2.76 bits per heavy atom. The van der Waals surface area contributed by atoms with Crippen molar-refractivity contribution < 1.29 is 9.53 Å². The highest BCUT2D eigenvalue weighted by molar-refractivity contribution is 9.10. The lowest BCUT2D eigenvalue weighted by molar-refractivity contribution is 0.0982. The van der Waals surface area contributed by atoms with E-state index in [9.17, 15) is 4.79 Å². The highest BCUT2D eigenvalue weighted by Gasteiger charge is 2.25. The van der Waals surface area contributed by atoms with Crippen molar-refractivity contribution in [3.05, 3.63) is 46.2 Å². The summed E-state index contributed by atoms with van der Waals surface area (Å²) >= 11 is 3.30. The summed E-state index contributed by atoms with van der Waals surface area (Å²) in [5.74, 6) is 0. The number of aromatic nitrogens is 2. The maximum absolute atomic E-state index is 12.5. The van der Waals surface area contributed by atoms with E-state index in [0.717, 1.165) is 35.1 Å². The quantitative estimate of drug-likeness (QED) is 0.841. The monoisotopic (exact) mass is 404 g/mol. The van der Waals surface area contributed by atoms with Crippen LogP contribution in [0.5, 0.6) is 6.01 Å². The van der Waals surface area contributed by atoms with E-state index in [0.29, 0.717) is 12.6 Å². The zero-order valence-corrected chi connectivity index (χ0v) is 15.9. The molecule has 1 unspecified atom stereocenters. The van der Waals surface area contributed by atoms with Crippen LogP contribution in [0.4, 0.5) is 10.5 Å². The van der Waals surface area contributed by atoms with Gasteiger partial charge in [0.05, 0.1) is 11.0 Å². The minimum absolute atomic E-state index is 0.0968. The first kappa shape index (κ1) is 17.7. The standard InChI is InChI=1S/C18H21BrN4O2/c1-12-5-6-15(8-13(12)2)22-18(24)23-7-3-4-16(11-23)25-17-20-9-14(19)10-21-17/h5-6,8-10,16H,3-4,7,11H2,1-2H3,(H,22,24). The average molecular weight is 405 g/mol. The fourth-order valence-corrected chi connectivity index (χ4v) is 2.96. The van der Waals surface area contributed by atoms with Crippen molar-refractivity contribution in [3.63, 3.8) is 0 Å². The van der Waals surface area contributed by atoms with Crippen LogP contribution < -0.4 is 10.1 Å². The number of hydrogen-bond donors (Lipinski definition) is 1. The number of nitrogens with one attached hydrogen (secondary N) is 1. The summed E-state index contributed by atoms with van der Waals surface area (Å²) in [6.45, 7) is 5.33. The van der Waals surface area contributed by atoms with Gasteiger partial charge in [-0.05, 0) is 65.9 Å². The molecule has 1 fully saturated rings. The third kappa shape index (κ3) is 4.69. The molecule has 1 atom stereocenters. The van der Waals surface area contributed by atoms with Crippen molar-refractivity contribution in [2.45, 2.75) is 32.8 Å². The van der Waals surface area contributed by atoms with Crippen LogP contribution in [-0.2, 0) is 0 Å². The highest BCUT2D eigenvalue weighted by Crippen LogP contribution is 2.19. The van der Waals surface area contributed by atoms with Gasteiger partial charge in [-0.2, -0.15) is 0 Å². The van der Waals surface area contributed by atoms with Crippen molar-refractivity contribution in [2.24, 2.45) is 0 Å². The molecule has 25 heavy (non-hydrogen) atoms. The summed E-state index contributed by atoms with van der Waals surface area (Å²) in [5.41, 5.74) is 3.18. The number of halogens is 1. The van der Waals surface area contributed by atoms with Crippen LogP contribution in [0.2, 0.25) is 0 Å². The molecule has 0 bridgehead atoms. The summed E-state index contributed by atoms with van der Waals surface area (Å²) in [5, 5.41) is 2.97. The van der Waals surface area contributed by atoms with Gasteiger partial charge in [-0.1, -0.05) is 6.07 Å². The first-order valence-electron chi connectivity index (χ1n) is 8.28. The lowest BCUT2D eigenvalue weighted by atomic mass is 10.1. The molecule has 0 radical (unpaired) electrons. The molecule has 3 rings (SSSR count). The number of benzene rings is 1. The van der Waals surface area contributed by atoms with Crippen molar-refractivity contribution in [3.8, 4) is 6.01 Å². The Hall–Kier alpha value is -2.15. The van der Waals surface area contributed by atoms with Gasteiger partial charge in [0.15, 0.2) is 0 Å². The molecule has 6 nitrogen and oxygen atoms in total. The van der Waals surface area contributed by atoms with Crippen LogP contribution in [-0.4, -0.2) is 40.1 Å². The third-order valence-corrected chi connectivity index (χ3v) is 4.70. The molecule has 1 saturated heterocycles. The summed E-state index contributed by atoms with van der Waals surface area (Å²) in [6, 6.07) is 6.16. The van der Waals surface area contributed by atoms with E-state index in [1.807, 2.05) is 25.1 Å². The fraction of sp³-hybridized carbons (Fsp3) is 0.389. The Kier molecular flexibility index (Phi) is 5.53. The number of amides is 2. The number of ether oxygens (including phenoxy) is 1. The van der Waals surface area contributed by atoms with Gasteiger partial charge >= 0.3 is 12.0 Å². The number of carbonyl (C=O) groups is 1. The molecule has 0 aliphatic carbocycles. The van der Waals surface area contributed by atoms with Crippen molar-refractivity contribution in [2.75, 3.05) is 18.4 Å². The van der Waals surface area contributed by atoms with Crippen LogP contribution in [0.3, 0.4) is 0 Å². The van der Waals surface area contributed by atoms with E-state index in [1.54, 1.807) is 17.3 Å². The number of likely N-dealkylation sites (tertiary alicyclic amines) is 1. The normalized spacial score (nSPS) is 17.2. The summed E-state index contributed by atoms with van der Waals surface area (Å²) in [6.07, 6.45) is 4.97. The molecule has 7 heteroatoms. The van der Waals surface area contributed by atoms with Crippen molar-refractivity contribution in [1.82, 2.24) is 14.9 Å². The summed E-state index contributed by atoms with van der Waals surface area (Å²) < 4.78 is 6.61. The Bertz CT molecular complexity index is 751. The third-order valence-electron chi connectivity index (χ3n) is 4.29. The largest absolute Gasteiger partial charge is 0.458 e. The molecule has 2 heterocycles. The summed E-state index contributed by atoms with van der Waals surface area (Å²) in [7, 11) is 0. The van der Waals surface area contributed by atoms with E-state index in [-0.39, 0.29) is 12.1 Å². The van der Waals surface area contributed by atoms with Gasteiger partial charge in [0, 0.05) is 24.6 Å². The second-order valence-electron chi connectivity index (χ2n) is 6.24. The van der Waals surface area contributed by atoms with Crippen molar-refractivity contribution in [1.29, 1.82) is 0 Å². The van der Waals surface area contributed by atoms with Crippen LogP contribution >= 0.6 is 15.9 Å². The minimum Gasteiger partial charge on any atom is -0.458 e. The fourth-order valence-electron chi connectivity index (χ4n) is 2.75. The minimum atomic E-state index is -0.103. The number of aryl methyl sites for hydroxylation is 2. The number of carbonyl (C=O) groups excluding carboxylic acids is 1. The maximum atomic E-state index is 12.5. The molecule has 1 aromatic heterocycles. The molecular formula is C18H21BrN4O2. The predicted molar refractivity (Wildman–Crippen MR) is 99.9 cm³/mol. The van der Waals surface area contributed by atoms with Gasteiger partial charge in [-0.15, -0.1) is 0 Å². The first-order valence-corrected chi connectivity index (χ1v) is 9.08. The Balaban J connectivity index is 1.59. The molecule has 0 spiro atoms. The van der Waals surface area contributed by atoms with Gasteiger partial charge in [0.2, 0.25) is 0 Å². The molecule has 2 aromatic rings. The highest BCUT2D eigenvalue weighted by atomic mass is 79.9. The smallest absolute Gasteiger partial charge is 0.321 e. The number of anilines is 1. The molecular weight excluding hydrogens is 384 g/mol. The molecule has 1 aromatic carbocycles. The molecule has 1 N–H and O–H groups in total. The molecule has 0 saturated carbocycles. The van der Waals surface area contributed by atoms with Crippen LogP contribution in [0.1, 0.15) is 24.0 Å². The van der Waals surface area contributed by atoms with Crippen molar-refractivity contribution >= 4 is 27.6 Å². The SMILES string of the molecule is Cc1ccc(NC(=O)N2CCCC(Oc3ncc(Br)cn3)C2)cc1C. The van der Waals surface area contributed by atoms with E-state index in [1.165, 1.54) is 5.56 Å². The molecule has 1 aliphatic rings. The van der Waals surface area contributed by atoms with E-state index >= 15 is 0 Å². The molecule has 132 valence electrons. The lowest BCUT2D eigenvalue weighted by Gasteiger charge is -2.32. The Morgan fingerprint density at radius 1 is 1.28 bits per heavy atom. The molecule has 2 amide bonds. The summed E-state index contributed by atoms with van der Waals surface area (Å²) in [4.78, 5) is 22.6. The van der Waals surface area contributed by atoms with Crippen LogP contribution in [0.25, 0.3) is 0 Å². The number of piperidine rings is 1. The lowest BCUT2D eigenvalue weighted by Crippen LogP contribution is -2.46. The van der Waals surface area contributed by atoms with E-state index < -0.39 is 0 Å². The van der Waals surface area contributed by atoms with Crippen LogP contribution in [0.15, 0.2) is 35.1 Å². The zero-order valence-electron chi connectivity index (χ0n) is 14.3. The van der Waals surface area contributed by atoms with Crippen LogP contribution in [0, 0.1) is 13.8 Å². The van der Waals surface area contributed by atoms with Gasteiger partial charge in [-0.3, -0.25) is 0 Å². The number of hydrogen-bond acceptors (Lipinski definition) is 4. The second-order valence-corrected chi connectivity index (χ2v) is 7.16. The van der Waals surface area contributed by atoms with Gasteiger partial charge in [0.1, 0.15) is 6.10 Å². The number of nitrogens with zero attached hydrogens (tertiary/aromatic N) is 3. The number of rotatable bonds is 3. The van der Waals surface area contributed by atoms with E-state index in [4.69, 9.17) is 4.74 Å².